The molecule has 5 rings (SSSR count). The lowest BCUT2D eigenvalue weighted by Crippen LogP contribution is -2.52. The first kappa shape index (κ1) is 18.0. The highest BCUT2D eigenvalue weighted by Crippen LogP contribution is 2.32. The minimum Gasteiger partial charge on any atom is -0.381 e. The Bertz CT molecular complexity index is 1450. The third-order valence-corrected chi connectivity index (χ3v) is 6.34. The second kappa shape index (κ2) is 9.99. The van der Waals surface area contributed by atoms with Gasteiger partial charge in [0.05, 0.1) is 12.2 Å². The van der Waals surface area contributed by atoms with Crippen LogP contribution in [0.15, 0.2) is 36.4 Å². The number of piperidine rings is 1. The van der Waals surface area contributed by atoms with Crippen LogP contribution < -0.4 is 10.6 Å². The number of hydrogen-bond acceptors (Lipinski definition) is 6. The van der Waals surface area contributed by atoms with E-state index >= 15 is 0 Å². The molecule has 3 amide bonds. The van der Waals surface area contributed by atoms with Gasteiger partial charge in [-0.15, -0.1) is 0 Å². The molecule has 2 aromatic rings. The van der Waals surface area contributed by atoms with Gasteiger partial charge in [0.2, 0.25) is 11.8 Å². The number of imide groups is 1. The van der Waals surface area contributed by atoms with Crippen molar-refractivity contribution in [2.75, 3.05) is 18.4 Å². The minimum atomic E-state index is -3.06. The van der Waals surface area contributed by atoms with E-state index in [9.17, 15) is 18.8 Å². The molecule has 8 nitrogen and oxygen atoms in total. The van der Waals surface area contributed by atoms with Crippen molar-refractivity contribution >= 4 is 23.4 Å². The zero-order valence-electron chi connectivity index (χ0n) is 25.9. The number of hydrogen-bond donors (Lipinski definition) is 2. The molecule has 2 fully saturated rings. The highest BCUT2D eigenvalue weighted by molar-refractivity contribution is 6.06. The maximum absolute atomic E-state index is 14.9. The van der Waals surface area contributed by atoms with E-state index in [2.05, 4.69) is 5.32 Å². The Morgan fingerprint density at radius 3 is 2.75 bits per heavy atom. The van der Waals surface area contributed by atoms with E-state index in [4.69, 9.17) is 13.0 Å². The summed E-state index contributed by atoms with van der Waals surface area (Å²) in [6.45, 7) is 2.27. The molecule has 0 saturated carbocycles. The van der Waals surface area contributed by atoms with Crippen molar-refractivity contribution in [2.24, 2.45) is 0 Å². The maximum Gasteiger partial charge on any atom is 0.255 e. The molecule has 2 aromatic carbocycles. The Labute approximate surface area is 218 Å². The van der Waals surface area contributed by atoms with Gasteiger partial charge in [-0.2, -0.15) is 0 Å². The number of carbonyl (C=O) groups is 3. The van der Waals surface area contributed by atoms with Crippen molar-refractivity contribution in [1.29, 1.82) is 0 Å². The summed E-state index contributed by atoms with van der Waals surface area (Å²) >= 11 is 0. The molecule has 0 aliphatic carbocycles. The van der Waals surface area contributed by atoms with Gasteiger partial charge >= 0.3 is 0 Å². The number of nitrogens with zero attached hydrogens (tertiary/aromatic N) is 2. The van der Waals surface area contributed by atoms with Crippen LogP contribution in [-0.2, 0) is 33.9 Å². The molecule has 3 aliphatic heterocycles. The first-order valence-electron chi connectivity index (χ1n) is 14.8. The van der Waals surface area contributed by atoms with Gasteiger partial charge in [-0.3, -0.25) is 24.6 Å². The van der Waals surface area contributed by atoms with E-state index in [1.165, 1.54) is 24.3 Å². The van der Waals surface area contributed by atoms with E-state index in [1.54, 1.807) is 17.0 Å². The van der Waals surface area contributed by atoms with Crippen LogP contribution in [0.25, 0.3) is 0 Å². The number of anilines is 1. The Morgan fingerprint density at radius 2 is 1.97 bits per heavy atom. The van der Waals surface area contributed by atoms with Crippen LogP contribution in [0.5, 0.6) is 0 Å². The quantitative estimate of drug-likeness (QED) is 0.593. The molecule has 0 spiro atoms. The zero-order valence-corrected chi connectivity index (χ0v) is 19.9. The molecule has 0 aromatic heterocycles. The van der Waals surface area contributed by atoms with Crippen LogP contribution in [0, 0.1) is 5.82 Å². The minimum absolute atomic E-state index is 0.0713. The lowest BCUT2D eigenvalue weighted by atomic mass is 10.0. The van der Waals surface area contributed by atoms with Crippen molar-refractivity contribution in [3.05, 3.63) is 64.5 Å². The van der Waals surface area contributed by atoms with Crippen LogP contribution in [0.2, 0.25) is 0 Å². The van der Waals surface area contributed by atoms with E-state index in [0.29, 0.717) is 24.3 Å². The third-order valence-electron chi connectivity index (χ3n) is 6.34. The molecule has 3 aliphatic rings. The van der Waals surface area contributed by atoms with Gasteiger partial charge in [0.1, 0.15) is 11.9 Å². The molecule has 3 atom stereocenters. The lowest BCUT2D eigenvalue weighted by molar-refractivity contribution is -0.136. The van der Waals surface area contributed by atoms with Crippen LogP contribution >= 0.6 is 0 Å². The molecule has 190 valence electrons. The van der Waals surface area contributed by atoms with Crippen molar-refractivity contribution in [1.82, 2.24) is 15.1 Å². The Kier molecular flexibility index (Phi) is 5.00. The monoisotopic (exact) mass is 500 g/mol. The predicted molar refractivity (Wildman–Crippen MR) is 131 cm³/mol. The summed E-state index contributed by atoms with van der Waals surface area (Å²) in [6, 6.07) is 6.84. The fourth-order valence-corrected chi connectivity index (χ4v) is 4.78. The van der Waals surface area contributed by atoms with Gasteiger partial charge in [-0.05, 0) is 50.0 Å². The SMILES string of the molecule is [2H]C([2H])(c1ccc(F)c(CNc2cccc3c2CN(C2C(=O)NC(=O)C([2H])([2H])C2([2H])[2H])C3=O)c1)N1CC(C)OC(C)C1. The molecular weight excluding hydrogens is 463 g/mol. The summed E-state index contributed by atoms with van der Waals surface area (Å²) in [7, 11) is 0. The van der Waals surface area contributed by atoms with Gasteiger partial charge < -0.3 is 15.0 Å². The largest absolute Gasteiger partial charge is 0.381 e. The van der Waals surface area contributed by atoms with Crippen molar-refractivity contribution in [3.63, 3.8) is 0 Å². The van der Waals surface area contributed by atoms with Gasteiger partial charge in [0, 0.05) is 69.7 Å². The second-order valence-corrected chi connectivity index (χ2v) is 9.19. The van der Waals surface area contributed by atoms with E-state index in [-0.39, 0.29) is 42.0 Å². The summed E-state index contributed by atoms with van der Waals surface area (Å²) in [4.78, 5) is 40.5. The molecule has 9 heteroatoms. The number of rotatable bonds is 6. The van der Waals surface area contributed by atoms with Crippen LogP contribution in [-0.4, -0.2) is 58.9 Å². The van der Waals surface area contributed by atoms with Crippen LogP contribution in [0.4, 0.5) is 10.1 Å². The van der Waals surface area contributed by atoms with E-state index < -0.39 is 48.8 Å². The molecule has 36 heavy (non-hydrogen) atoms. The first-order valence-corrected chi connectivity index (χ1v) is 11.8. The number of benzene rings is 2. The van der Waals surface area contributed by atoms with E-state index in [1.807, 2.05) is 19.2 Å². The predicted octanol–water partition coefficient (Wildman–Crippen LogP) is 2.81. The topological polar surface area (TPSA) is 91.0 Å². The maximum atomic E-state index is 14.9. The Morgan fingerprint density at radius 1 is 1.19 bits per heavy atom. The molecule has 2 saturated heterocycles. The average Bonchev–Trinajstić information content (AvgIpc) is 3.23. The van der Waals surface area contributed by atoms with Crippen molar-refractivity contribution in [2.45, 2.75) is 64.4 Å². The number of halogens is 1. The van der Waals surface area contributed by atoms with Gasteiger partial charge in [0.25, 0.3) is 5.91 Å². The van der Waals surface area contributed by atoms with Gasteiger partial charge in [-0.1, -0.05) is 12.1 Å². The molecule has 2 N–H and O–H groups in total. The number of carbonyl (C=O) groups excluding carboxylic acids is 3. The average molecular weight is 501 g/mol. The van der Waals surface area contributed by atoms with Crippen molar-refractivity contribution in [3.8, 4) is 0 Å². The van der Waals surface area contributed by atoms with Crippen molar-refractivity contribution < 1.29 is 31.7 Å². The fourth-order valence-electron chi connectivity index (χ4n) is 4.78. The molecule has 3 heterocycles. The highest BCUT2D eigenvalue weighted by Gasteiger charge is 2.39. The molecule has 0 radical (unpaired) electrons. The normalized spacial score (nSPS) is 30.2. The summed E-state index contributed by atoms with van der Waals surface area (Å²) in [5, 5.41) is 4.90. The fraction of sp³-hybridized carbons (Fsp3) is 0.444. The summed E-state index contributed by atoms with van der Waals surface area (Å²) in [6.07, 6.45) is -6.40. The Balaban J connectivity index is 1.38. The molecule has 3 unspecified atom stereocenters. The second-order valence-electron chi connectivity index (χ2n) is 9.19. The number of ether oxygens (including phenoxy) is 1. The zero-order chi connectivity index (χ0) is 30.8. The molecule has 0 bridgehead atoms. The summed E-state index contributed by atoms with van der Waals surface area (Å²) < 4.78 is 70.5. The van der Waals surface area contributed by atoms with Crippen LogP contribution in [0.3, 0.4) is 0 Å². The third kappa shape index (κ3) is 4.99. The number of amides is 3. The standard InChI is InChI=1S/C27H31FN4O4/c1-16-12-31(13-17(2)36-16)14-18-6-7-22(28)19(10-18)11-29-23-5-3-4-20-21(23)15-32(27(20)35)24-8-9-25(33)30-26(24)34/h3-7,10,16-17,24,29H,8-9,11-15H2,1-2H3,(H,30,33,34)/i8D2,9D2,14D2. The van der Waals surface area contributed by atoms with Gasteiger partial charge in [-0.25, -0.2) is 4.39 Å². The molecular formula is C27H31FN4O4. The number of nitrogens with one attached hydrogen (secondary N) is 2. The van der Waals surface area contributed by atoms with E-state index in [0.717, 1.165) is 4.90 Å². The number of fused-ring (bicyclic) bond motifs is 1. The lowest BCUT2D eigenvalue weighted by Gasteiger charge is -2.35. The smallest absolute Gasteiger partial charge is 0.255 e. The highest BCUT2D eigenvalue weighted by atomic mass is 19.1. The van der Waals surface area contributed by atoms with Gasteiger partial charge in [0.15, 0.2) is 0 Å². The first-order chi connectivity index (χ1) is 19.6. The Hall–Kier alpha value is -3.30. The summed E-state index contributed by atoms with van der Waals surface area (Å²) in [5.74, 6) is -3.80. The summed E-state index contributed by atoms with van der Waals surface area (Å²) in [5.41, 5.74) is 1.41. The number of morpholine rings is 1. The van der Waals surface area contributed by atoms with Crippen LogP contribution in [0.1, 0.15) is 61.9 Å².